The molecule has 1 aliphatic carbocycles. The lowest BCUT2D eigenvalue weighted by molar-refractivity contribution is -0.647. The van der Waals surface area contributed by atoms with E-state index in [1.807, 2.05) is 32.4 Å². The predicted molar refractivity (Wildman–Crippen MR) is 149 cm³/mol. The number of imidazole rings is 1. The van der Waals surface area contributed by atoms with E-state index in [4.69, 9.17) is 4.84 Å². The van der Waals surface area contributed by atoms with Gasteiger partial charge >= 0.3 is 5.65 Å². The van der Waals surface area contributed by atoms with Gasteiger partial charge in [-0.2, -0.15) is 4.98 Å². The molecule has 0 spiro atoms. The normalized spacial score (nSPS) is 21.7. The van der Waals surface area contributed by atoms with E-state index in [0.717, 1.165) is 36.5 Å². The second kappa shape index (κ2) is 11.7. The third-order valence-electron chi connectivity index (χ3n) is 7.94. The first-order valence-corrected chi connectivity index (χ1v) is 13.5. The van der Waals surface area contributed by atoms with E-state index >= 15 is 0 Å². The highest BCUT2D eigenvalue weighted by atomic mass is 16.7. The lowest BCUT2D eigenvalue weighted by Gasteiger charge is -2.40. The molecule has 2 aromatic rings. The first kappa shape index (κ1) is 28.1. The molecule has 0 fully saturated rings. The Labute approximate surface area is 218 Å². The first-order valence-electron chi connectivity index (χ1n) is 13.5. The molecule has 0 bridgehead atoms. The van der Waals surface area contributed by atoms with E-state index in [1.54, 1.807) is 11.9 Å². The Balaban J connectivity index is 1.59. The van der Waals surface area contributed by atoms with Crippen molar-refractivity contribution in [3.63, 3.8) is 0 Å². The fourth-order valence-corrected chi connectivity index (χ4v) is 5.02. The molecule has 0 aliphatic heterocycles. The van der Waals surface area contributed by atoms with Crippen LogP contribution in [-0.4, -0.2) is 20.1 Å². The van der Waals surface area contributed by atoms with Crippen LogP contribution in [0.15, 0.2) is 47.6 Å². The van der Waals surface area contributed by atoms with E-state index in [-0.39, 0.29) is 5.60 Å². The lowest BCUT2D eigenvalue weighted by Crippen LogP contribution is -2.29. The van der Waals surface area contributed by atoms with E-state index in [1.165, 1.54) is 36.8 Å². The number of aryl methyl sites for hydroxylation is 1. The molecule has 0 radical (unpaired) electrons. The van der Waals surface area contributed by atoms with Crippen LogP contribution in [0.3, 0.4) is 0 Å². The topological polar surface area (TPSA) is 55.9 Å². The van der Waals surface area contributed by atoms with Crippen LogP contribution < -0.4 is 10.0 Å². The van der Waals surface area contributed by atoms with Crippen LogP contribution in [0.25, 0.3) is 11.2 Å². The van der Waals surface area contributed by atoms with Crippen molar-refractivity contribution in [3.8, 4) is 0 Å². The van der Waals surface area contributed by atoms with Crippen LogP contribution in [0.4, 0.5) is 5.82 Å². The number of nitrogens with zero attached hydrogens (tertiary/aromatic N) is 4. The smallest absolute Gasteiger partial charge is 0.269 e. The van der Waals surface area contributed by atoms with E-state index in [2.05, 4.69) is 79.2 Å². The molecule has 0 saturated heterocycles. The Hall–Kier alpha value is -2.47. The third-order valence-corrected chi connectivity index (χ3v) is 7.94. The summed E-state index contributed by atoms with van der Waals surface area (Å²) in [5.74, 6) is 1.46. The number of anilines is 1. The molecule has 36 heavy (non-hydrogen) atoms. The molecular formula is C30H48N5O+. The third kappa shape index (κ3) is 7.06. The maximum Gasteiger partial charge on any atom is 0.307 e. The van der Waals surface area contributed by atoms with E-state index in [0.29, 0.717) is 11.2 Å². The Morgan fingerprint density at radius 1 is 1.22 bits per heavy atom. The van der Waals surface area contributed by atoms with E-state index in [9.17, 15) is 0 Å². The highest BCUT2D eigenvalue weighted by molar-refractivity contribution is 5.80. The summed E-state index contributed by atoms with van der Waals surface area (Å²) in [5.41, 5.74) is 9.40. The summed E-state index contributed by atoms with van der Waals surface area (Å²) in [5, 5.41) is 0. The van der Waals surface area contributed by atoms with Crippen LogP contribution >= 0.6 is 0 Å². The van der Waals surface area contributed by atoms with E-state index < -0.39 is 0 Å². The zero-order chi connectivity index (χ0) is 26.5. The summed E-state index contributed by atoms with van der Waals surface area (Å²) >= 11 is 0. The quantitative estimate of drug-likeness (QED) is 0.215. The number of hydrogen-bond donors (Lipinski definition) is 1. The molecule has 2 heterocycles. The summed E-state index contributed by atoms with van der Waals surface area (Å²) in [6, 6.07) is 0. The molecule has 0 saturated carbocycles. The Morgan fingerprint density at radius 2 is 1.94 bits per heavy atom. The second-order valence-electron chi connectivity index (χ2n) is 12.0. The number of rotatable bonds is 10. The monoisotopic (exact) mass is 494 g/mol. The van der Waals surface area contributed by atoms with Gasteiger partial charge in [-0.1, -0.05) is 53.8 Å². The number of allylic oxidation sites excluding steroid dienone is 6. The molecule has 6 heteroatoms. The maximum absolute atomic E-state index is 5.78. The van der Waals surface area contributed by atoms with Crippen LogP contribution in [0.1, 0.15) is 93.9 Å². The van der Waals surface area contributed by atoms with Crippen molar-refractivity contribution in [1.29, 1.82) is 0 Å². The van der Waals surface area contributed by atoms with Gasteiger partial charge in [0.15, 0.2) is 18.5 Å². The zero-order valence-electron chi connectivity index (χ0n) is 24.1. The molecule has 1 aliphatic rings. The summed E-state index contributed by atoms with van der Waals surface area (Å²) in [6.45, 7) is 18.6. The molecule has 2 atom stereocenters. The van der Waals surface area contributed by atoms with Crippen molar-refractivity contribution in [1.82, 2.24) is 14.5 Å². The van der Waals surface area contributed by atoms with Crippen LogP contribution in [0.2, 0.25) is 0 Å². The standard InChI is InChI=1S/C30H48N5O/c1-22(16-18-30(8)24(3)14-11-15-25(30)4)12-10-13-23(2)17-19-35-21-34(9)28-26(35)27(31-20-32-28)33-36-29(5,6)7/h12,14,17,20-21,25H,10-11,13,15-16,18-19H2,1-9H3,(H,31,32,33)/q+1/b22-12+,23-17+/t25-,30-/m1/s1. The van der Waals surface area contributed by atoms with Crippen LogP contribution in [0, 0.1) is 11.3 Å². The average Bonchev–Trinajstić information content (AvgIpc) is 3.14. The summed E-state index contributed by atoms with van der Waals surface area (Å²) in [4.78, 5) is 14.7. The van der Waals surface area contributed by atoms with Crippen molar-refractivity contribution >= 4 is 17.0 Å². The molecule has 0 amide bonds. The second-order valence-corrected chi connectivity index (χ2v) is 12.0. The molecule has 198 valence electrons. The van der Waals surface area contributed by atoms with Gasteiger partial charge < -0.3 is 0 Å². The number of hydrogen-bond acceptors (Lipinski definition) is 4. The van der Waals surface area contributed by atoms with Gasteiger partial charge in [-0.15, -0.1) is 0 Å². The van der Waals surface area contributed by atoms with Gasteiger partial charge in [0.2, 0.25) is 5.52 Å². The number of fused-ring (bicyclic) bond motifs is 1. The zero-order valence-corrected chi connectivity index (χ0v) is 24.1. The minimum Gasteiger partial charge on any atom is -0.269 e. The highest BCUT2D eigenvalue weighted by Gasteiger charge is 2.34. The number of nitrogens with one attached hydrogen (secondary N) is 1. The highest BCUT2D eigenvalue weighted by Crippen LogP contribution is 2.45. The Kier molecular flexibility index (Phi) is 9.15. The minimum absolute atomic E-state index is 0.319. The Morgan fingerprint density at radius 3 is 2.64 bits per heavy atom. The minimum atomic E-state index is -0.319. The van der Waals surface area contributed by atoms with Crippen molar-refractivity contribution in [2.24, 2.45) is 18.4 Å². The first-order chi connectivity index (χ1) is 16.9. The number of aromatic nitrogens is 4. The maximum atomic E-state index is 5.78. The summed E-state index contributed by atoms with van der Waals surface area (Å²) in [6.07, 6.45) is 18.0. The molecule has 1 N–H and O–H groups in total. The Bertz CT molecular complexity index is 1130. The lowest BCUT2D eigenvalue weighted by atomic mass is 9.65. The molecule has 3 rings (SSSR count). The SMILES string of the molecule is CC1=CCC[C@@H](C)[C@]1(C)CC/C(C)=C/CC/C(C)=C/Cn1c[n+](C)c2ncnc(NOC(C)(C)C)c21. The van der Waals surface area contributed by atoms with Gasteiger partial charge in [0.1, 0.15) is 0 Å². The van der Waals surface area contributed by atoms with Gasteiger partial charge in [0.25, 0.3) is 0 Å². The molecule has 0 unspecified atom stereocenters. The van der Waals surface area contributed by atoms with Crippen molar-refractivity contribution in [3.05, 3.63) is 47.6 Å². The van der Waals surface area contributed by atoms with Gasteiger partial charge in [0.05, 0.1) is 19.2 Å². The predicted octanol–water partition coefficient (Wildman–Crippen LogP) is 7.23. The van der Waals surface area contributed by atoms with Gasteiger partial charge in [-0.05, 0) is 91.4 Å². The van der Waals surface area contributed by atoms with Gasteiger partial charge in [-0.3, -0.25) is 9.40 Å². The van der Waals surface area contributed by atoms with Crippen molar-refractivity contribution in [2.75, 3.05) is 5.48 Å². The average molecular weight is 495 g/mol. The van der Waals surface area contributed by atoms with Crippen LogP contribution in [0.5, 0.6) is 0 Å². The van der Waals surface area contributed by atoms with Crippen LogP contribution in [-0.2, 0) is 18.4 Å². The largest absolute Gasteiger partial charge is 0.307 e. The molecule has 6 nitrogen and oxygen atoms in total. The van der Waals surface area contributed by atoms with Crippen molar-refractivity contribution in [2.45, 2.75) is 106 Å². The van der Waals surface area contributed by atoms with Gasteiger partial charge in [-0.25, -0.2) is 10.0 Å². The fraction of sp³-hybridized carbons (Fsp3) is 0.633. The van der Waals surface area contributed by atoms with Gasteiger partial charge in [0, 0.05) is 0 Å². The fourth-order valence-electron chi connectivity index (χ4n) is 5.02. The van der Waals surface area contributed by atoms with Crippen molar-refractivity contribution < 1.29 is 9.40 Å². The molecule has 2 aromatic heterocycles. The summed E-state index contributed by atoms with van der Waals surface area (Å²) < 4.78 is 4.20. The molecular weight excluding hydrogens is 446 g/mol. The summed E-state index contributed by atoms with van der Waals surface area (Å²) in [7, 11) is 2.01. The molecule has 0 aromatic carbocycles.